The Morgan fingerprint density at radius 3 is 1.08 bits per heavy atom. The average Bonchev–Trinajstić information content (AvgIpc) is 4.07. The van der Waals surface area contributed by atoms with Crippen LogP contribution in [0, 0.1) is 0 Å². The fraction of sp³-hybridized carbons (Fsp3) is 0.133. The van der Waals surface area contributed by atoms with E-state index in [4.69, 9.17) is 13.3 Å². The van der Waals surface area contributed by atoms with Crippen LogP contribution in [-0.4, -0.2) is 0 Å². The van der Waals surface area contributed by atoms with Crippen molar-refractivity contribution in [3.8, 4) is 0 Å². The van der Waals surface area contributed by atoms with Crippen molar-refractivity contribution < 1.29 is 13.3 Å². The SMILES string of the molecule is CC(C)(C)c1ccc(N(c2ccccc2)c2cc3c4cocc4c4cc(N(c5ccccc5)c5ccc(C(C)(C)C)cc5)c5c6ccccc6oc5c4c3c3oc4ccccc4c23)cc1. The molecule has 0 aliphatic heterocycles. The van der Waals surface area contributed by atoms with E-state index in [0.29, 0.717) is 0 Å². The topological polar surface area (TPSA) is 45.9 Å². The summed E-state index contributed by atoms with van der Waals surface area (Å²) in [6.45, 7) is 13.5. The lowest BCUT2D eigenvalue weighted by Gasteiger charge is -2.29. The Kier molecular flexibility index (Phi) is 8.60. The lowest BCUT2D eigenvalue weighted by atomic mass is 9.87. The molecule has 0 N–H and O–H groups in total. The zero-order valence-electron chi connectivity index (χ0n) is 37.4. The van der Waals surface area contributed by atoms with Gasteiger partial charge in [-0.2, -0.15) is 0 Å². The highest BCUT2D eigenvalue weighted by Crippen LogP contribution is 2.54. The molecule has 0 aliphatic carbocycles. The van der Waals surface area contributed by atoms with E-state index in [1.54, 1.807) is 0 Å². The van der Waals surface area contributed by atoms with Crippen molar-refractivity contribution in [2.45, 2.75) is 52.4 Å². The molecule has 316 valence electrons. The standard InChI is InChI=1S/C60H48N2O3/c1-59(2,3)37-25-29-41(30-26-37)61(39-17-9-7-10-18-39)49-33-45-47-35-63-36-48(47)46-34-50(62(40-19-11-8-12-20-40)42-31-27-38(28-32-42)60(4,5)6)54-44-22-14-16-24-52(44)65-58(54)56(46)55(45)57-53(49)43-21-13-15-23-51(43)64-57/h7-36H,1-6H3. The molecule has 0 saturated heterocycles. The van der Waals surface area contributed by atoms with E-state index in [1.165, 1.54) is 11.1 Å². The largest absolute Gasteiger partial charge is 0.471 e. The fourth-order valence-electron chi connectivity index (χ4n) is 9.98. The van der Waals surface area contributed by atoms with Crippen molar-refractivity contribution >= 4 is 110 Å². The van der Waals surface area contributed by atoms with E-state index >= 15 is 0 Å². The Balaban J connectivity index is 1.24. The predicted octanol–water partition coefficient (Wildman–Crippen LogP) is 18.1. The van der Waals surface area contributed by atoms with Crippen LogP contribution in [0.15, 0.2) is 196 Å². The molecule has 3 aromatic heterocycles. The molecular formula is C60H48N2O3. The molecule has 12 rings (SSSR count). The number of para-hydroxylation sites is 4. The number of fused-ring (bicyclic) bond motifs is 14. The van der Waals surface area contributed by atoms with Crippen LogP contribution in [0.1, 0.15) is 52.7 Å². The summed E-state index contributed by atoms with van der Waals surface area (Å²) >= 11 is 0. The minimum atomic E-state index is 0.0118. The highest BCUT2D eigenvalue weighted by molar-refractivity contribution is 6.40. The molecule has 5 heteroatoms. The van der Waals surface area contributed by atoms with Crippen molar-refractivity contribution in [2.75, 3.05) is 9.80 Å². The summed E-state index contributed by atoms with van der Waals surface area (Å²) in [4.78, 5) is 4.74. The first-order chi connectivity index (χ1) is 31.5. The first kappa shape index (κ1) is 38.9. The van der Waals surface area contributed by atoms with Crippen LogP contribution >= 0.6 is 0 Å². The zero-order chi connectivity index (χ0) is 44.2. The van der Waals surface area contributed by atoms with Gasteiger partial charge in [0.25, 0.3) is 0 Å². The number of benzene rings is 9. The van der Waals surface area contributed by atoms with E-state index in [9.17, 15) is 0 Å². The summed E-state index contributed by atoms with van der Waals surface area (Å²) in [5.74, 6) is 0. The van der Waals surface area contributed by atoms with Gasteiger partial charge in [-0.3, -0.25) is 0 Å². The van der Waals surface area contributed by atoms with Crippen LogP contribution < -0.4 is 9.80 Å². The Morgan fingerprint density at radius 2 is 0.692 bits per heavy atom. The van der Waals surface area contributed by atoms with Crippen LogP contribution in [0.2, 0.25) is 0 Å². The molecule has 0 aliphatic rings. The van der Waals surface area contributed by atoms with Gasteiger partial charge in [0.05, 0.1) is 34.7 Å². The Morgan fingerprint density at radius 1 is 0.338 bits per heavy atom. The van der Waals surface area contributed by atoms with Gasteiger partial charge in [0.2, 0.25) is 0 Å². The molecule has 0 atom stereocenters. The summed E-state index contributed by atoms with van der Waals surface area (Å²) in [6, 6.07) is 60.8. The van der Waals surface area contributed by atoms with Gasteiger partial charge in [0.15, 0.2) is 0 Å². The summed E-state index contributed by atoms with van der Waals surface area (Å²) in [5.41, 5.74) is 12.0. The summed E-state index contributed by atoms with van der Waals surface area (Å²) < 4.78 is 20.7. The number of hydrogen-bond acceptors (Lipinski definition) is 5. The molecule has 0 saturated carbocycles. The van der Waals surface area contributed by atoms with Crippen LogP contribution in [0.25, 0.3) is 76.2 Å². The predicted molar refractivity (Wildman–Crippen MR) is 273 cm³/mol. The minimum Gasteiger partial charge on any atom is -0.471 e. The molecule has 5 nitrogen and oxygen atoms in total. The maximum absolute atomic E-state index is 7.19. The number of furan rings is 3. The van der Waals surface area contributed by atoms with Gasteiger partial charge in [-0.05, 0) is 106 Å². The van der Waals surface area contributed by atoms with E-state index in [-0.39, 0.29) is 10.8 Å². The first-order valence-electron chi connectivity index (χ1n) is 22.5. The van der Waals surface area contributed by atoms with Crippen LogP contribution in [0.5, 0.6) is 0 Å². The van der Waals surface area contributed by atoms with E-state index < -0.39 is 0 Å². The summed E-state index contributed by atoms with van der Waals surface area (Å²) in [6.07, 6.45) is 3.78. The second-order valence-corrected chi connectivity index (χ2v) is 19.4. The minimum absolute atomic E-state index is 0.0118. The summed E-state index contributed by atoms with van der Waals surface area (Å²) in [5, 5.41) is 10.1. The van der Waals surface area contributed by atoms with E-state index in [0.717, 1.165) is 110 Å². The molecule has 0 bridgehead atoms. The molecular weight excluding hydrogens is 797 g/mol. The lowest BCUT2D eigenvalue weighted by Crippen LogP contribution is -2.13. The quantitative estimate of drug-likeness (QED) is 0.156. The van der Waals surface area contributed by atoms with Crippen molar-refractivity contribution in [1.29, 1.82) is 0 Å². The van der Waals surface area contributed by atoms with Crippen molar-refractivity contribution in [3.63, 3.8) is 0 Å². The monoisotopic (exact) mass is 844 g/mol. The fourth-order valence-corrected chi connectivity index (χ4v) is 9.98. The number of hydrogen-bond donors (Lipinski definition) is 0. The maximum Gasteiger partial charge on any atom is 0.146 e. The third-order valence-corrected chi connectivity index (χ3v) is 13.2. The number of nitrogens with zero attached hydrogens (tertiary/aromatic N) is 2. The van der Waals surface area contributed by atoms with Gasteiger partial charge in [-0.25, -0.2) is 0 Å². The average molecular weight is 845 g/mol. The highest BCUT2D eigenvalue weighted by Gasteiger charge is 2.29. The Bertz CT molecular complexity index is 3520. The van der Waals surface area contributed by atoms with Crippen molar-refractivity contribution in [1.82, 2.24) is 0 Å². The zero-order valence-corrected chi connectivity index (χ0v) is 37.4. The van der Waals surface area contributed by atoms with Crippen molar-refractivity contribution in [3.05, 3.63) is 194 Å². The van der Waals surface area contributed by atoms with Crippen LogP contribution in [-0.2, 0) is 10.8 Å². The smallest absolute Gasteiger partial charge is 0.146 e. The van der Waals surface area contributed by atoms with Gasteiger partial charge in [-0.1, -0.05) is 139 Å². The molecule has 0 spiro atoms. The molecule has 3 heterocycles. The van der Waals surface area contributed by atoms with Gasteiger partial charge < -0.3 is 23.1 Å². The van der Waals surface area contributed by atoms with Gasteiger partial charge >= 0.3 is 0 Å². The third kappa shape index (κ3) is 6.13. The lowest BCUT2D eigenvalue weighted by molar-refractivity contribution is 0.573. The molecule has 0 fully saturated rings. The third-order valence-electron chi connectivity index (χ3n) is 13.2. The van der Waals surface area contributed by atoms with Gasteiger partial charge in [0, 0.05) is 55.1 Å². The molecule has 65 heavy (non-hydrogen) atoms. The molecule has 0 unspecified atom stereocenters. The number of anilines is 6. The Hall–Kier alpha value is -7.76. The Labute approximate surface area is 377 Å². The van der Waals surface area contributed by atoms with Crippen LogP contribution in [0.4, 0.5) is 34.1 Å². The second kappa shape index (κ2) is 14.4. The first-order valence-corrected chi connectivity index (χ1v) is 22.5. The maximum atomic E-state index is 7.19. The van der Waals surface area contributed by atoms with E-state index in [1.807, 2.05) is 12.5 Å². The number of rotatable bonds is 6. The molecule has 12 aromatic rings. The van der Waals surface area contributed by atoms with Gasteiger partial charge in [0.1, 0.15) is 22.3 Å². The molecule has 0 amide bonds. The normalized spacial score (nSPS) is 12.5. The summed E-state index contributed by atoms with van der Waals surface area (Å²) in [7, 11) is 0. The molecule has 0 radical (unpaired) electrons. The molecule has 9 aromatic carbocycles. The van der Waals surface area contributed by atoms with Gasteiger partial charge in [-0.15, -0.1) is 0 Å². The van der Waals surface area contributed by atoms with Crippen LogP contribution in [0.3, 0.4) is 0 Å². The second-order valence-electron chi connectivity index (χ2n) is 19.4. The van der Waals surface area contributed by atoms with Crippen molar-refractivity contribution in [2.24, 2.45) is 0 Å². The highest BCUT2D eigenvalue weighted by atomic mass is 16.3. The van der Waals surface area contributed by atoms with E-state index in [2.05, 4.69) is 221 Å².